The van der Waals surface area contributed by atoms with Gasteiger partial charge in [0, 0.05) is 27.9 Å². The van der Waals surface area contributed by atoms with E-state index in [-0.39, 0.29) is 11.1 Å². The third kappa shape index (κ3) is 5.60. The van der Waals surface area contributed by atoms with Crippen molar-refractivity contribution in [2.24, 2.45) is 0 Å². The molecule has 2 N–H and O–H groups in total. The van der Waals surface area contributed by atoms with E-state index in [9.17, 15) is 28.8 Å². The normalized spacial score (nSPS) is 13.0. The Bertz CT molecular complexity index is 1880. The monoisotopic (exact) mass is 575 g/mol. The average Bonchev–Trinajstić information content (AvgIpc) is 2.97. The van der Waals surface area contributed by atoms with Gasteiger partial charge in [0.15, 0.2) is 0 Å². The van der Waals surface area contributed by atoms with Gasteiger partial charge < -0.3 is 9.84 Å². The molecule has 0 radical (unpaired) electrons. The summed E-state index contributed by atoms with van der Waals surface area (Å²) >= 11 is 0. The van der Waals surface area contributed by atoms with Crippen LogP contribution >= 0.6 is 0 Å². The van der Waals surface area contributed by atoms with Crippen LogP contribution in [0.1, 0.15) is 72.6 Å². The highest BCUT2D eigenvalue weighted by Gasteiger charge is 2.31. The Kier molecular flexibility index (Phi) is 7.33. The minimum Gasteiger partial charge on any atom is -0.478 e. The van der Waals surface area contributed by atoms with Gasteiger partial charge in [-0.15, -0.1) is 0 Å². The molecule has 0 heterocycles. The van der Waals surface area contributed by atoms with Crippen LogP contribution < -0.4 is 5.32 Å². The van der Waals surface area contributed by atoms with Gasteiger partial charge in [0.25, 0.3) is 0 Å². The fourth-order valence-electron chi connectivity index (χ4n) is 4.88. The molecule has 0 bridgehead atoms. The van der Waals surface area contributed by atoms with E-state index in [2.05, 4.69) is 5.32 Å². The van der Waals surface area contributed by atoms with Gasteiger partial charge >= 0.3 is 12.1 Å². The molecule has 0 saturated carbocycles. The van der Waals surface area contributed by atoms with Crippen LogP contribution in [0, 0.1) is 0 Å². The molecule has 0 aliphatic heterocycles. The van der Waals surface area contributed by atoms with Crippen molar-refractivity contribution in [2.75, 3.05) is 5.32 Å². The highest BCUT2D eigenvalue weighted by Crippen LogP contribution is 2.36. The number of anilines is 1. The summed E-state index contributed by atoms with van der Waals surface area (Å²) in [5.41, 5.74) is 3.71. The molecular weight excluding hydrogens is 550 g/mol. The smallest absolute Gasteiger partial charge is 0.412 e. The Labute approximate surface area is 246 Å². The summed E-state index contributed by atoms with van der Waals surface area (Å²) in [6.07, 6.45) is -0.575. The van der Waals surface area contributed by atoms with Crippen molar-refractivity contribution in [1.29, 1.82) is 0 Å². The van der Waals surface area contributed by atoms with Gasteiger partial charge in [0.2, 0.25) is 23.1 Å². The van der Waals surface area contributed by atoms with Crippen molar-refractivity contribution in [2.45, 2.75) is 26.4 Å². The Morgan fingerprint density at radius 1 is 0.581 bits per heavy atom. The van der Waals surface area contributed by atoms with E-state index in [0.29, 0.717) is 44.6 Å². The maximum absolute atomic E-state index is 12.2. The maximum Gasteiger partial charge on any atom is 0.412 e. The Hall–Kier alpha value is -5.70. The number of rotatable bonds is 2. The number of aromatic carboxylic acids is 1. The molecule has 0 aromatic heterocycles. The molecule has 0 fully saturated rings. The number of hydrogen-bond acceptors (Lipinski definition) is 7. The first kappa shape index (κ1) is 28.8. The van der Waals surface area contributed by atoms with E-state index in [0.717, 1.165) is 0 Å². The van der Waals surface area contributed by atoms with Crippen molar-refractivity contribution >= 4 is 40.9 Å². The van der Waals surface area contributed by atoms with Gasteiger partial charge in [-0.2, -0.15) is 0 Å². The first-order valence-corrected chi connectivity index (χ1v) is 13.2. The van der Waals surface area contributed by atoms with Crippen molar-refractivity contribution in [3.8, 4) is 22.3 Å². The number of hydrogen-bond donors (Lipinski definition) is 2. The zero-order valence-corrected chi connectivity index (χ0v) is 23.4. The van der Waals surface area contributed by atoms with Crippen LogP contribution in [-0.4, -0.2) is 45.9 Å². The van der Waals surface area contributed by atoms with Gasteiger partial charge in [-0.1, -0.05) is 48.5 Å². The van der Waals surface area contributed by atoms with E-state index in [1.54, 1.807) is 87.5 Å². The molecule has 1 amide bonds. The first-order valence-electron chi connectivity index (χ1n) is 13.2. The summed E-state index contributed by atoms with van der Waals surface area (Å²) in [7, 11) is 0. The maximum atomic E-state index is 12.2. The SMILES string of the molecule is CC(C)(C)OC(=O)Nc1ccc2c(c1)-c1ccccc1C(=O)C2=O.O=C(O)c1ccc2c(c1)-c1ccccc1C(=O)C2=O. The van der Waals surface area contributed by atoms with Crippen LogP contribution in [0.4, 0.5) is 10.5 Å². The zero-order chi connectivity index (χ0) is 31.1. The summed E-state index contributed by atoms with van der Waals surface area (Å²) < 4.78 is 5.22. The molecule has 4 aromatic rings. The Balaban J connectivity index is 0.000000176. The van der Waals surface area contributed by atoms with Gasteiger partial charge in [-0.25, -0.2) is 9.59 Å². The molecule has 6 rings (SSSR count). The van der Waals surface area contributed by atoms with Crippen LogP contribution in [0.15, 0.2) is 84.9 Å². The summed E-state index contributed by atoms with van der Waals surface area (Å²) in [4.78, 5) is 71.2. The standard InChI is InChI=1S/C19H17NO4.C15H8O4/c1-19(2,3)24-18(23)20-11-8-9-14-15(10-11)12-6-4-5-7-13(12)16(21)17(14)22;16-13-10-4-2-1-3-9(10)12-7-8(15(18)19)5-6-11(12)14(13)17/h4-10H,1-3H3,(H,20,23);1-7H,(H,18,19). The predicted octanol–water partition coefficient (Wildman–Crippen LogP) is 6.51. The van der Waals surface area contributed by atoms with Gasteiger partial charge in [-0.05, 0) is 79.4 Å². The van der Waals surface area contributed by atoms with Crippen LogP contribution in [0.2, 0.25) is 0 Å². The van der Waals surface area contributed by atoms with Crippen molar-refractivity contribution in [3.63, 3.8) is 0 Å². The molecule has 0 atom stereocenters. The number of carboxylic acid groups (broad SMARTS) is 1. The van der Waals surface area contributed by atoms with E-state index in [4.69, 9.17) is 9.84 Å². The molecule has 0 saturated heterocycles. The minimum atomic E-state index is -1.07. The van der Waals surface area contributed by atoms with Crippen molar-refractivity contribution in [1.82, 2.24) is 0 Å². The molecule has 2 aliphatic rings. The van der Waals surface area contributed by atoms with Gasteiger partial charge in [0.05, 0.1) is 5.56 Å². The van der Waals surface area contributed by atoms with E-state index >= 15 is 0 Å². The number of carbonyl (C=O) groups is 6. The van der Waals surface area contributed by atoms with Gasteiger partial charge in [0.1, 0.15) is 5.60 Å². The quantitative estimate of drug-likeness (QED) is 0.257. The predicted molar refractivity (Wildman–Crippen MR) is 158 cm³/mol. The highest BCUT2D eigenvalue weighted by atomic mass is 16.6. The second-order valence-corrected chi connectivity index (χ2v) is 10.9. The number of ketones is 4. The lowest BCUT2D eigenvalue weighted by Crippen LogP contribution is -2.27. The Morgan fingerprint density at radius 3 is 1.47 bits per heavy atom. The van der Waals surface area contributed by atoms with Crippen LogP contribution in [-0.2, 0) is 4.74 Å². The zero-order valence-electron chi connectivity index (χ0n) is 23.4. The van der Waals surface area contributed by atoms with Crippen LogP contribution in [0.25, 0.3) is 22.3 Å². The Morgan fingerprint density at radius 2 is 1.00 bits per heavy atom. The van der Waals surface area contributed by atoms with E-state index < -0.39 is 40.8 Å². The molecule has 4 aromatic carbocycles. The van der Waals surface area contributed by atoms with Gasteiger partial charge in [-0.3, -0.25) is 24.5 Å². The van der Waals surface area contributed by atoms with Crippen LogP contribution in [0.3, 0.4) is 0 Å². The van der Waals surface area contributed by atoms with Crippen molar-refractivity contribution < 1.29 is 38.6 Å². The lowest BCUT2D eigenvalue weighted by molar-refractivity contribution is 0.0633. The number of nitrogens with one attached hydrogen (secondary N) is 1. The molecule has 9 nitrogen and oxygen atoms in total. The largest absolute Gasteiger partial charge is 0.478 e. The molecule has 43 heavy (non-hydrogen) atoms. The lowest BCUT2D eigenvalue weighted by atomic mass is 9.83. The molecular formula is C34H25NO8. The number of ether oxygens (including phenoxy) is 1. The molecule has 0 unspecified atom stereocenters. The topological polar surface area (TPSA) is 144 Å². The fourth-order valence-corrected chi connectivity index (χ4v) is 4.88. The second-order valence-electron chi connectivity index (χ2n) is 10.9. The van der Waals surface area contributed by atoms with Crippen molar-refractivity contribution in [3.05, 3.63) is 113 Å². The number of Topliss-reactive ketones (excluding diaryl/α,β-unsaturated/α-hetero) is 4. The summed E-state index contributed by atoms with van der Waals surface area (Å²) in [5.74, 6) is -3.25. The summed E-state index contributed by atoms with van der Waals surface area (Å²) in [5, 5.41) is 11.6. The molecule has 214 valence electrons. The number of benzene rings is 4. The molecule has 9 heteroatoms. The fraction of sp³-hybridized carbons (Fsp3) is 0.118. The van der Waals surface area contributed by atoms with E-state index in [1.165, 1.54) is 18.2 Å². The minimum absolute atomic E-state index is 0.0932. The highest BCUT2D eigenvalue weighted by molar-refractivity contribution is 6.53. The number of amides is 1. The molecule has 2 aliphatic carbocycles. The number of fused-ring (bicyclic) bond motifs is 6. The summed E-state index contributed by atoms with van der Waals surface area (Å²) in [6, 6.07) is 22.6. The number of carbonyl (C=O) groups excluding carboxylic acids is 5. The van der Waals surface area contributed by atoms with E-state index in [1.807, 2.05) is 0 Å². The molecule has 0 spiro atoms. The lowest BCUT2D eigenvalue weighted by Gasteiger charge is -2.21. The van der Waals surface area contributed by atoms with Crippen LogP contribution in [0.5, 0.6) is 0 Å². The average molecular weight is 576 g/mol. The number of carboxylic acids is 1. The summed E-state index contributed by atoms with van der Waals surface area (Å²) in [6.45, 7) is 5.33. The second kappa shape index (κ2) is 10.9. The first-order chi connectivity index (χ1) is 20.4. The third-order valence-electron chi connectivity index (χ3n) is 6.76. The third-order valence-corrected chi connectivity index (χ3v) is 6.76.